The number of aliphatic hydroxyl groups excluding tert-OH is 7. The molecule has 8 fully saturated rings. The van der Waals surface area contributed by atoms with E-state index in [0.29, 0.717) is 32.1 Å². The van der Waals surface area contributed by atoms with Gasteiger partial charge in [-0.15, -0.1) is 0 Å². The fraction of sp³-hybridized carbons (Fsp3) is 0.907. The van der Waals surface area contributed by atoms with Crippen molar-refractivity contribution in [3.8, 4) is 0 Å². The number of ketones is 2. The zero-order chi connectivity index (χ0) is 65.8. The Labute approximate surface area is 600 Å². The second-order valence-corrected chi connectivity index (χ2v) is 29.9. The van der Waals surface area contributed by atoms with Crippen molar-refractivity contribution in [1.29, 1.82) is 0 Å². The van der Waals surface area contributed by atoms with Gasteiger partial charge in [0.05, 0.1) is 43.4 Å². The number of ether oxygens (including phenoxy) is 10. The molecule has 0 bridgehead atoms. The molecule has 5 aliphatic heterocycles. The van der Waals surface area contributed by atoms with Gasteiger partial charge in [0.2, 0.25) is 31.2 Å². The zero-order valence-electron chi connectivity index (χ0n) is 53.3. The number of fused-ring (bicyclic) bond motifs is 4. The summed E-state index contributed by atoms with van der Waals surface area (Å²) in [6.45, 7) is 11.8. The minimum atomic E-state index is -5.52. The zero-order valence-corrected chi connectivity index (χ0v) is 61.7. The van der Waals surface area contributed by atoms with E-state index in [9.17, 15) is 89.0 Å². The van der Waals surface area contributed by atoms with E-state index < -0.39 is 213 Å². The van der Waals surface area contributed by atoms with Crippen LogP contribution in [-0.2, 0) is 105 Å². The van der Waals surface area contributed by atoms with Gasteiger partial charge >= 0.3 is 94.6 Å². The molecule has 0 radical (unpaired) electrons. The Morgan fingerprint density at radius 2 is 1.22 bits per heavy atom. The maximum Gasteiger partial charge on any atom is 1.00 e. The van der Waals surface area contributed by atoms with Gasteiger partial charge in [-0.2, -0.15) is 0 Å². The largest absolute Gasteiger partial charge is 1.00 e. The van der Waals surface area contributed by atoms with E-state index in [1.165, 1.54) is 6.92 Å². The van der Waals surface area contributed by atoms with Gasteiger partial charge in [-0.25, -0.2) is 25.3 Å². The molecule has 92 heavy (non-hydrogen) atoms. The second kappa shape index (κ2) is 30.2. The SMILES string of the molecule is CO[C@@H]1[C@@H](O)[C@H](O[C@@H]2[C@@H](O)[C@H](O[C@H]3[C@H](O)[C@@H](O)[C@H](O[C@H]4[C@H](O[C@H]5CC[C@]6(C)[C@H]7CC[C@]89C(=O)O[C@@](C)(CC(=O)CC(C)C)[C@H]8C(=O)C[C@@]9(C)C7=CC[C@H]6C5(C)C)OC[C@@H](OS(=O)(=O)[O-])[C@@H]4O)O[C@@H]3C)O[C@H](COS(=O)(=O)[O-])[C@H]2O)O[C@H](COS(=O)(=O)[O-])[C@H]1O.[Na+].[Na+].[Na+]. The summed E-state index contributed by atoms with van der Waals surface area (Å²) in [6.07, 6.45) is -33.6. The molecule has 38 heteroatoms. The average Bonchev–Trinajstić information content (AvgIpc) is 1.45. The summed E-state index contributed by atoms with van der Waals surface area (Å²) in [5.74, 6) is -1.62. The third kappa shape index (κ3) is 15.9. The van der Waals surface area contributed by atoms with E-state index >= 15 is 0 Å². The van der Waals surface area contributed by atoms with Crippen molar-refractivity contribution >= 4 is 48.7 Å². The van der Waals surface area contributed by atoms with Gasteiger partial charge in [0.1, 0.15) is 103 Å². The third-order valence-corrected chi connectivity index (χ3v) is 21.7. The van der Waals surface area contributed by atoms with Crippen molar-refractivity contribution in [2.24, 2.45) is 45.3 Å². The number of Topliss-reactive ketones (excluding diaryl/α,β-unsaturated/α-hetero) is 2. The Kier molecular flexibility index (Phi) is 26.8. The fourth-order valence-corrected chi connectivity index (χ4v) is 17.5. The second-order valence-electron chi connectivity index (χ2n) is 26.8. The van der Waals surface area contributed by atoms with Crippen LogP contribution in [-0.4, -0.2) is 248 Å². The van der Waals surface area contributed by atoms with E-state index in [2.05, 4.69) is 25.5 Å². The fourth-order valence-electron chi connectivity index (χ4n) is 16.4. The first kappa shape index (κ1) is 81.5. The summed E-state index contributed by atoms with van der Waals surface area (Å²) >= 11 is 0. The van der Waals surface area contributed by atoms with Gasteiger partial charge in [0.25, 0.3) is 0 Å². The van der Waals surface area contributed by atoms with Crippen LogP contribution in [0.5, 0.6) is 0 Å². The summed E-state index contributed by atoms with van der Waals surface area (Å²) in [5, 5.41) is 80.0. The number of cyclic esters (lactones) is 1. The molecule has 32 nitrogen and oxygen atoms in total. The molecule has 0 aromatic heterocycles. The van der Waals surface area contributed by atoms with Crippen LogP contribution < -0.4 is 88.7 Å². The molecule has 9 rings (SSSR count). The summed E-state index contributed by atoms with van der Waals surface area (Å²) in [4.78, 5) is 42.0. The van der Waals surface area contributed by atoms with Crippen LogP contribution in [0.4, 0.5) is 0 Å². The molecule has 9 aliphatic rings. The normalized spacial score (nSPS) is 45.2. The van der Waals surface area contributed by atoms with E-state index in [-0.39, 0.29) is 137 Å². The molecule has 0 unspecified atom stereocenters. The van der Waals surface area contributed by atoms with Gasteiger partial charge < -0.3 is 96.8 Å². The topological polar surface area (TPSA) is 484 Å². The summed E-state index contributed by atoms with van der Waals surface area (Å²) in [6, 6.07) is 0. The van der Waals surface area contributed by atoms with Gasteiger partial charge in [0, 0.05) is 31.8 Å². The van der Waals surface area contributed by atoms with Crippen molar-refractivity contribution in [2.45, 2.75) is 235 Å². The van der Waals surface area contributed by atoms with Crippen molar-refractivity contribution in [1.82, 2.24) is 0 Å². The first-order valence-electron chi connectivity index (χ1n) is 29.4. The number of carbonyl (C=O) groups is 3. The van der Waals surface area contributed by atoms with Crippen LogP contribution in [0, 0.1) is 45.3 Å². The van der Waals surface area contributed by atoms with E-state index in [4.69, 9.17) is 47.4 Å². The monoisotopic (exact) mass is 1410 g/mol. The Morgan fingerprint density at radius 1 is 0.674 bits per heavy atom. The molecule has 0 aromatic carbocycles. The predicted octanol–water partition coefficient (Wildman–Crippen LogP) is -11.5. The van der Waals surface area contributed by atoms with Crippen molar-refractivity contribution in [2.75, 3.05) is 26.9 Å². The van der Waals surface area contributed by atoms with E-state index in [0.717, 1.165) is 12.7 Å². The number of hydrogen-bond acceptors (Lipinski definition) is 32. The molecular weight excluding hydrogens is 1330 g/mol. The van der Waals surface area contributed by atoms with Crippen LogP contribution in [0.1, 0.15) is 107 Å². The van der Waals surface area contributed by atoms with Crippen LogP contribution >= 0.6 is 0 Å². The number of hydrogen-bond donors (Lipinski definition) is 7. The van der Waals surface area contributed by atoms with Gasteiger partial charge in [-0.05, 0) is 74.5 Å². The minimum Gasteiger partial charge on any atom is -0.726 e. The maximum absolute atomic E-state index is 14.4. The van der Waals surface area contributed by atoms with E-state index in [1.807, 2.05) is 34.6 Å². The number of aliphatic hydroxyl groups is 7. The minimum absolute atomic E-state index is 0. The number of esters is 1. The molecule has 5 saturated heterocycles. The molecule has 1 spiro atoms. The van der Waals surface area contributed by atoms with Crippen LogP contribution in [0.15, 0.2) is 11.6 Å². The van der Waals surface area contributed by atoms with Crippen molar-refractivity contribution < 1.29 is 238 Å². The molecule has 0 amide bonds. The average molecular weight is 1410 g/mol. The first-order valence-corrected chi connectivity index (χ1v) is 33.4. The maximum atomic E-state index is 14.4. The van der Waals surface area contributed by atoms with Crippen molar-refractivity contribution in [3.05, 3.63) is 11.6 Å². The van der Waals surface area contributed by atoms with Crippen molar-refractivity contribution in [3.63, 3.8) is 0 Å². The smallest absolute Gasteiger partial charge is 0.726 e. The third-order valence-electron chi connectivity index (χ3n) is 20.4. The molecule has 27 atom stereocenters. The molecule has 4 aliphatic carbocycles. The quantitative estimate of drug-likeness (QED) is 0.0184. The van der Waals surface area contributed by atoms with Gasteiger partial charge in [0.15, 0.2) is 25.2 Å². The Bertz CT molecular complexity index is 3020. The predicted molar refractivity (Wildman–Crippen MR) is 287 cm³/mol. The summed E-state index contributed by atoms with van der Waals surface area (Å²) < 4.78 is 176. The summed E-state index contributed by atoms with van der Waals surface area (Å²) in [5.41, 5.74) is -3.54. The number of carbonyl (C=O) groups excluding carboxylic acids is 3. The number of rotatable bonds is 21. The molecule has 5 heterocycles. The molecule has 3 saturated carbocycles. The Balaban J connectivity index is 0.00000448. The summed E-state index contributed by atoms with van der Waals surface area (Å²) in [7, 11) is -15.4. The van der Waals surface area contributed by atoms with E-state index in [1.54, 1.807) is 6.92 Å². The molecule has 510 valence electrons. The first-order chi connectivity index (χ1) is 41.1. The molecule has 7 N–H and O–H groups in total. The molecular formula is C54H81Na3O32S3. The van der Waals surface area contributed by atoms with Gasteiger partial charge in [-0.3, -0.25) is 26.9 Å². The number of methoxy groups -OCH3 is 1. The molecule has 0 aromatic rings. The Hall–Kier alpha value is 0.520. The van der Waals surface area contributed by atoms with Gasteiger partial charge in [-0.1, -0.05) is 53.2 Å². The van der Waals surface area contributed by atoms with Crippen LogP contribution in [0.3, 0.4) is 0 Å². The van der Waals surface area contributed by atoms with Crippen LogP contribution in [0.25, 0.3) is 0 Å². The standard InChI is InChI=1S/C54H84O32S3.3Na/c1-22(2)16-24(55)17-53(8)44-27(56)18-52(7)26-10-11-31-50(4,5)32(13-14-51(31,6)25(26)12-15-54(44,52)49(64)85-53)81-48-43(35(59)30(19-75-48)86-89(71,72)73)84-45-37(61)36(60)40(23(3)78-45)82-47-39(63)42(34(58)29(80-47)21-77-88(68,69)70)83-46-38(62)41(74-9)33(57)28(79-46)20-76-87(65,66)67;;;/h10,22-23,25,28-48,57-63H,11-21H2,1-9H3,(H,65,66,67)(H,68,69,70)(H,71,72,73);;;/q;3*+1/p-3/t23-,25+,28-,29-,30-,31+,32+,33-,34-,35+,36-,37-,38-,39-,40-,41+,42+,43-,44-,45+,46+,47+,48+,51-,52+,53+,54-;;;/m1.../s1. The number of allylic oxidation sites excluding steroid dienone is 2. The van der Waals surface area contributed by atoms with Crippen LogP contribution in [0.2, 0.25) is 0 Å². The Morgan fingerprint density at radius 3 is 1.77 bits per heavy atom.